The number of halogens is 2. The fourth-order valence-corrected chi connectivity index (χ4v) is 2.39. The third-order valence-corrected chi connectivity index (χ3v) is 2.94. The molecule has 0 saturated heterocycles. The van der Waals surface area contributed by atoms with Crippen molar-refractivity contribution in [2.75, 3.05) is 0 Å². The van der Waals surface area contributed by atoms with E-state index in [1.165, 1.54) is 0 Å². The molecule has 2 aromatic heterocycles. The summed E-state index contributed by atoms with van der Waals surface area (Å²) in [4.78, 5) is 5.45. The van der Waals surface area contributed by atoms with Gasteiger partial charge in [-0.25, -0.2) is 4.98 Å². The average molecular weight is 322 g/mol. The summed E-state index contributed by atoms with van der Waals surface area (Å²) >= 11 is 8.33. The minimum Gasteiger partial charge on any atom is -0.291 e. The van der Waals surface area contributed by atoms with E-state index in [9.17, 15) is 0 Å². The van der Waals surface area contributed by atoms with Gasteiger partial charge in [0.15, 0.2) is 4.96 Å². The average Bonchev–Trinajstić information content (AvgIpc) is 2.55. The Bertz CT molecular complexity index is 465. The highest BCUT2D eigenvalue weighted by Gasteiger charge is 2.06. The highest BCUT2D eigenvalue weighted by atomic mass is 79.9. The molecule has 68 valence electrons. The second-order valence-corrected chi connectivity index (χ2v) is 6.22. The molecule has 2 aromatic rings. The molecule has 13 heavy (non-hydrogen) atoms. The molecule has 0 N–H and O–H groups in total. The number of imidazole rings is 1. The Kier molecular flexibility index (Phi) is 2.58. The zero-order valence-corrected chi connectivity index (χ0v) is 10.8. The number of hydrogen-bond acceptors (Lipinski definition) is 2. The molecule has 0 atom stereocenters. The Balaban J connectivity index is 2.71. The summed E-state index contributed by atoms with van der Waals surface area (Å²) in [5.41, 5.74) is 2.16. The van der Waals surface area contributed by atoms with Crippen LogP contribution in [0, 0.1) is 6.92 Å². The molecule has 0 aliphatic heterocycles. The van der Waals surface area contributed by atoms with Crippen molar-refractivity contribution in [3.63, 3.8) is 0 Å². The van der Waals surface area contributed by atoms with Crippen LogP contribution < -0.4 is 0 Å². The van der Waals surface area contributed by atoms with E-state index in [2.05, 4.69) is 41.2 Å². The third kappa shape index (κ3) is 1.73. The van der Waals surface area contributed by atoms with E-state index < -0.39 is 0 Å². The van der Waals surface area contributed by atoms with E-state index in [1.54, 1.807) is 11.3 Å². The number of nitrogens with zero attached hydrogens (tertiary/aromatic N) is 2. The quantitative estimate of drug-likeness (QED) is 0.781. The number of hydrogen-bond donors (Lipinski definition) is 0. The lowest BCUT2D eigenvalue weighted by atomic mass is 10.3. The lowest BCUT2D eigenvalue weighted by molar-refractivity contribution is 1.19. The topological polar surface area (TPSA) is 17.3 Å². The van der Waals surface area contributed by atoms with Gasteiger partial charge in [-0.3, -0.25) is 4.40 Å². The minimum atomic E-state index is 0.927. The van der Waals surface area contributed by atoms with Crippen molar-refractivity contribution in [3.05, 3.63) is 26.4 Å². The molecule has 2 nitrogen and oxygen atoms in total. The molecule has 0 spiro atoms. The summed E-state index contributed by atoms with van der Waals surface area (Å²) in [5, 5.41) is 2.03. The molecule has 2 rings (SSSR count). The van der Waals surface area contributed by atoms with Crippen LogP contribution in [0.4, 0.5) is 0 Å². The fourth-order valence-electron chi connectivity index (χ4n) is 1.19. The molecule has 2 heterocycles. The van der Waals surface area contributed by atoms with E-state index >= 15 is 0 Å². The number of aryl methyl sites for hydroxylation is 1. The van der Waals surface area contributed by atoms with Gasteiger partial charge in [0.1, 0.15) is 0 Å². The van der Waals surface area contributed by atoms with Gasteiger partial charge >= 0.3 is 0 Å². The van der Waals surface area contributed by atoms with Crippen LogP contribution in [0.15, 0.2) is 15.0 Å². The van der Waals surface area contributed by atoms with Crippen molar-refractivity contribution in [2.24, 2.45) is 0 Å². The lowest BCUT2D eigenvalue weighted by Crippen LogP contribution is -1.82. The largest absolute Gasteiger partial charge is 0.291 e. The van der Waals surface area contributed by atoms with Crippen molar-refractivity contribution in [3.8, 4) is 0 Å². The molecule has 0 fully saturated rings. The van der Waals surface area contributed by atoms with Gasteiger partial charge in [-0.15, -0.1) is 11.3 Å². The Hall–Kier alpha value is -0.130. The SMILES string of the molecule is Cc1nc2sccn2c1C=C(Br)Br. The van der Waals surface area contributed by atoms with Gasteiger partial charge in [-0.2, -0.15) is 0 Å². The van der Waals surface area contributed by atoms with Gasteiger partial charge in [-0.05, 0) is 44.9 Å². The highest BCUT2D eigenvalue weighted by molar-refractivity contribution is 9.28. The van der Waals surface area contributed by atoms with Crippen LogP contribution in [0.1, 0.15) is 11.4 Å². The van der Waals surface area contributed by atoms with E-state index in [4.69, 9.17) is 0 Å². The monoisotopic (exact) mass is 320 g/mol. The molecule has 0 aliphatic rings. The van der Waals surface area contributed by atoms with Gasteiger partial charge < -0.3 is 0 Å². The third-order valence-electron chi connectivity index (χ3n) is 1.73. The van der Waals surface area contributed by atoms with Gasteiger partial charge in [0.05, 0.1) is 14.8 Å². The molecule has 5 heteroatoms. The highest BCUT2D eigenvalue weighted by Crippen LogP contribution is 2.23. The number of rotatable bonds is 1. The number of fused-ring (bicyclic) bond motifs is 1. The van der Waals surface area contributed by atoms with E-state index in [0.717, 1.165) is 19.7 Å². The molecule has 0 aromatic carbocycles. The number of aromatic nitrogens is 2. The Morgan fingerprint density at radius 3 is 3.08 bits per heavy atom. The van der Waals surface area contributed by atoms with Crippen LogP contribution in [0.2, 0.25) is 0 Å². The predicted molar refractivity (Wildman–Crippen MR) is 63.6 cm³/mol. The van der Waals surface area contributed by atoms with Crippen LogP contribution in [0.25, 0.3) is 11.0 Å². The molecule has 0 radical (unpaired) electrons. The first-order chi connectivity index (χ1) is 6.18. The van der Waals surface area contributed by atoms with E-state index in [1.807, 2.05) is 24.6 Å². The van der Waals surface area contributed by atoms with Crippen molar-refractivity contribution < 1.29 is 0 Å². The van der Waals surface area contributed by atoms with Gasteiger partial charge in [0.2, 0.25) is 0 Å². The Labute approximate surface area is 96.5 Å². The zero-order chi connectivity index (χ0) is 9.42. The first kappa shape index (κ1) is 9.43. The molecular formula is C8H6Br2N2S. The van der Waals surface area contributed by atoms with E-state index in [-0.39, 0.29) is 0 Å². The van der Waals surface area contributed by atoms with Crippen LogP contribution in [0.3, 0.4) is 0 Å². The van der Waals surface area contributed by atoms with Gasteiger partial charge in [0.25, 0.3) is 0 Å². The summed E-state index contributed by atoms with van der Waals surface area (Å²) in [6.45, 7) is 2.01. The molecular weight excluding hydrogens is 316 g/mol. The predicted octanol–water partition coefficient (Wildman–Crippen LogP) is 3.79. The summed E-state index contributed by atoms with van der Waals surface area (Å²) in [6, 6.07) is 0. The van der Waals surface area contributed by atoms with Gasteiger partial charge in [0, 0.05) is 11.6 Å². The molecule has 0 unspecified atom stereocenters. The molecule has 0 aliphatic carbocycles. The number of thiazole rings is 1. The van der Waals surface area contributed by atoms with Crippen LogP contribution in [-0.2, 0) is 0 Å². The standard InChI is InChI=1S/C8H6Br2N2S/c1-5-6(4-7(9)10)12-2-3-13-8(12)11-5/h2-4H,1H3. The van der Waals surface area contributed by atoms with Crippen molar-refractivity contribution in [1.82, 2.24) is 9.38 Å². The van der Waals surface area contributed by atoms with Crippen molar-refractivity contribution in [1.29, 1.82) is 0 Å². The maximum absolute atomic E-state index is 4.42. The summed E-state index contributed by atoms with van der Waals surface area (Å²) in [7, 11) is 0. The maximum atomic E-state index is 4.42. The minimum absolute atomic E-state index is 0.927. The first-order valence-corrected chi connectivity index (χ1v) is 6.10. The second kappa shape index (κ2) is 3.55. The van der Waals surface area contributed by atoms with Crippen LogP contribution in [0.5, 0.6) is 0 Å². The lowest BCUT2D eigenvalue weighted by Gasteiger charge is -1.91. The maximum Gasteiger partial charge on any atom is 0.194 e. The normalized spacial score (nSPS) is 10.7. The summed E-state index contributed by atoms with van der Waals surface area (Å²) in [5.74, 6) is 0. The molecule has 0 saturated carbocycles. The van der Waals surface area contributed by atoms with Crippen LogP contribution in [-0.4, -0.2) is 9.38 Å². The van der Waals surface area contributed by atoms with Crippen molar-refractivity contribution in [2.45, 2.75) is 6.92 Å². The Morgan fingerprint density at radius 2 is 2.38 bits per heavy atom. The summed E-state index contributed by atoms with van der Waals surface area (Å²) < 4.78 is 3.00. The first-order valence-electron chi connectivity index (χ1n) is 3.63. The smallest absolute Gasteiger partial charge is 0.194 e. The van der Waals surface area contributed by atoms with Crippen LogP contribution >= 0.6 is 43.2 Å². The second-order valence-electron chi connectivity index (χ2n) is 2.57. The van der Waals surface area contributed by atoms with E-state index in [0.29, 0.717) is 0 Å². The summed E-state index contributed by atoms with van der Waals surface area (Å²) in [6.07, 6.45) is 4.02. The Morgan fingerprint density at radius 1 is 1.62 bits per heavy atom. The zero-order valence-electron chi connectivity index (χ0n) is 6.79. The van der Waals surface area contributed by atoms with Gasteiger partial charge in [-0.1, -0.05) is 0 Å². The fraction of sp³-hybridized carbons (Fsp3) is 0.125. The van der Waals surface area contributed by atoms with Crippen molar-refractivity contribution >= 4 is 54.2 Å². The molecule has 0 amide bonds. The molecule has 0 bridgehead atoms.